The van der Waals surface area contributed by atoms with Crippen molar-refractivity contribution in [1.82, 2.24) is 9.29 Å². The highest BCUT2D eigenvalue weighted by Gasteiger charge is 2.28. The maximum Gasteiger partial charge on any atom is 0.283 e. The van der Waals surface area contributed by atoms with Gasteiger partial charge in [-0.25, -0.2) is 8.42 Å². The van der Waals surface area contributed by atoms with Crippen LogP contribution in [0.25, 0.3) is 11.3 Å². The molecule has 1 fully saturated rings. The molecule has 3 aromatic rings. The lowest BCUT2D eigenvalue weighted by molar-refractivity contribution is 0.103. The summed E-state index contributed by atoms with van der Waals surface area (Å²) < 4.78 is 54.3. The topological polar surface area (TPSA) is 71.9 Å². The van der Waals surface area contributed by atoms with E-state index >= 15 is 0 Å². The SMILES string of the molecule is O=S(=O)(c1ccc(-c2ccccc2)nc1)N1CCC(=NOCc2cccc(C(F)(F)P)c2)CC1. The van der Waals surface area contributed by atoms with Gasteiger partial charge in [0, 0.05) is 43.3 Å². The molecule has 178 valence electrons. The smallest absolute Gasteiger partial charge is 0.283 e. The fraction of sp³-hybridized carbons (Fsp3) is 0.250. The van der Waals surface area contributed by atoms with Gasteiger partial charge in [-0.1, -0.05) is 62.9 Å². The summed E-state index contributed by atoms with van der Waals surface area (Å²) in [6.07, 6.45) is 2.24. The molecule has 10 heteroatoms. The van der Waals surface area contributed by atoms with E-state index in [2.05, 4.69) is 10.1 Å². The maximum absolute atomic E-state index is 13.4. The normalized spacial score (nSPS) is 15.2. The van der Waals surface area contributed by atoms with Crippen molar-refractivity contribution in [2.75, 3.05) is 13.1 Å². The Kier molecular flexibility index (Phi) is 7.36. The predicted octanol–water partition coefficient (Wildman–Crippen LogP) is 5.03. The third-order valence-corrected chi connectivity index (χ3v) is 7.70. The lowest BCUT2D eigenvalue weighted by Crippen LogP contribution is -2.38. The van der Waals surface area contributed by atoms with E-state index in [4.69, 9.17) is 4.84 Å². The van der Waals surface area contributed by atoms with Gasteiger partial charge >= 0.3 is 0 Å². The minimum Gasteiger partial charge on any atom is -0.391 e. The molecule has 1 saturated heterocycles. The average molecular weight is 504 g/mol. The van der Waals surface area contributed by atoms with Crippen molar-refractivity contribution in [1.29, 1.82) is 0 Å². The van der Waals surface area contributed by atoms with Crippen LogP contribution in [0.4, 0.5) is 8.78 Å². The summed E-state index contributed by atoms with van der Waals surface area (Å²) in [5, 5.41) is 4.09. The van der Waals surface area contributed by atoms with Crippen molar-refractivity contribution in [3.63, 3.8) is 0 Å². The van der Waals surface area contributed by atoms with Crippen molar-refractivity contribution >= 4 is 25.0 Å². The standard InChI is InChI=1S/C24H24F2N3O3PS/c25-24(26,33)20-8-4-5-18(15-20)17-32-28-21-11-13-29(14-12-21)34(30,31)22-9-10-23(27-16-22)19-6-2-1-3-7-19/h1-10,15-16H,11-14,17,33H2. The van der Waals surface area contributed by atoms with Crippen LogP contribution in [-0.4, -0.2) is 36.5 Å². The first-order valence-electron chi connectivity index (χ1n) is 10.7. The lowest BCUT2D eigenvalue weighted by Gasteiger charge is -2.26. The summed E-state index contributed by atoms with van der Waals surface area (Å²) in [6, 6.07) is 18.8. The zero-order valence-corrected chi connectivity index (χ0v) is 20.2. The summed E-state index contributed by atoms with van der Waals surface area (Å²) in [5.41, 5.74) is -0.184. The first-order chi connectivity index (χ1) is 16.2. The number of aromatic nitrogens is 1. The van der Waals surface area contributed by atoms with E-state index < -0.39 is 15.7 Å². The van der Waals surface area contributed by atoms with Gasteiger partial charge in [-0.3, -0.25) is 4.98 Å². The number of sulfonamides is 1. The molecule has 2 heterocycles. The van der Waals surface area contributed by atoms with Gasteiger partial charge in [0.15, 0.2) is 0 Å². The van der Waals surface area contributed by atoms with Crippen molar-refractivity contribution in [3.05, 3.63) is 84.1 Å². The average Bonchev–Trinajstić information content (AvgIpc) is 2.85. The number of pyridine rings is 1. The molecule has 0 aliphatic carbocycles. The van der Waals surface area contributed by atoms with Gasteiger partial charge in [-0.2, -0.15) is 13.1 Å². The molecule has 1 aliphatic rings. The number of hydrogen-bond donors (Lipinski definition) is 0. The van der Waals surface area contributed by atoms with E-state index in [0.29, 0.717) is 24.1 Å². The van der Waals surface area contributed by atoms with Crippen molar-refractivity contribution in [2.24, 2.45) is 5.16 Å². The lowest BCUT2D eigenvalue weighted by atomic mass is 10.1. The van der Waals surface area contributed by atoms with Crippen LogP contribution >= 0.6 is 9.24 Å². The van der Waals surface area contributed by atoms with Crippen molar-refractivity contribution < 1.29 is 22.0 Å². The molecule has 0 saturated carbocycles. The molecule has 1 atom stereocenters. The number of oxime groups is 1. The Morgan fingerprint density at radius 3 is 2.41 bits per heavy atom. The zero-order valence-electron chi connectivity index (χ0n) is 18.3. The summed E-state index contributed by atoms with van der Waals surface area (Å²) >= 11 is 0. The van der Waals surface area contributed by atoms with E-state index in [1.165, 1.54) is 31.9 Å². The fourth-order valence-electron chi connectivity index (χ4n) is 3.60. The van der Waals surface area contributed by atoms with Gasteiger partial charge in [0.2, 0.25) is 10.0 Å². The molecule has 1 aromatic heterocycles. The van der Waals surface area contributed by atoms with E-state index in [1.807, 2.05) is 30.3 Å². The highest BCUT2D eigenvalue weighted by Crippen LogP contribution is 2.35. The van der Waals surface area contributed by atoms with Crippen molar-refractivity contribution in [2.45, 2.75) is 30.0 Å². The van der Waals surface area contributed by atoms with Gasteiger partial charge in [0.1, 0.15) is 11.5 Å². The van der Waals surface area contributed by atoms with Crippen LogP contribution in [0.1, 0.15) is 24.0 Å². The predicted molar refractivity (Wildman–Crippen MR) is 130 cm³/mol. The first-order valence-corrected chi connectivity index (χ1v) is 12.7. The zero-order chi connectivity index (χ0) is 24.2. The van der Waals surface area contributed by atoms with Gasteiger partial charge in [-0.05, 0) is 23.8 Å². The third kappa shape index (κ3) is 5.84. The Balaban J connectivity index is 1.33. The quantitative estimate of drug-likeness (QED) is 0.335. The van der Waals surface area contributed by atoms with Crippen LogP contribution in [0.2, 0.25) is 0 Å². The molecular weight excluding hydrogens is 479 g/mol. The Bertz CT molecular complexity index is 1250. The summed E-state index contributed by atoms with van der Waals surface area (Å²) in [5.74, 6) is 0. The van der Waals surface area contributed by atoms with E-state index in [0.717, 1.165) is 11.3 Å². The minimum atomic E-state index is -3.66. The van der Waals surface area contributed by atoms with Crippen LogP contribution in [0.15, 0.2) is 83.0 Å². The monoisotopic (exact) mass is 503 g/mol. The second-order valence-electron chi connectivity index (χ2n) is 7.90. The molecule has 1 aliphatic heterocycles. The third-order valence-electron chi connectivity index (χ3n) is 5.48. The van der Waals surface area contributed by atoms with Crippen LogP contribution < -0.4 is 0 Å². The molecule has 4 rings (SSSR count). The Morgan fingerprint density at radius 2 is 1.76 bits per heavy atom. The maximum atomic E-state index is 13.4. The number of alkyl halides is 2. The van der Waals surface area contributed by atoms with Gasteiger partial charge in [-0.15, -0.1) is 0 Å². The molecule has 34 heavy (non-hydrogen) atoms. The van der Waals surface area contributed by atoms with Crippen molar-refractivity contribution in [3.8, 4) is 11.3 Å². The van der Waals surface area contributed by atoms with E-state index in [-0.39, 0.29) is 30.2 Å². The van der Waals surface area contributed by atoms with Gasteiger partial charge in [0.05, 0.1) is 11.4 Å². The molecule has 0 spiro atoms. The number of piperidine rings is 1. The van der Waals surface area contributed by atoms with Crippen LogP contribution in [-0.2, 0) is 27.1 Å². The van der Waals surface area contributed by atoms with Crippen LogP contribution in [0, 0.1) is 0 Å². The second kappa shape index (κ2) is 10.3. The molecule has 2 aromatic carbocycles. The minimum absolute atomic E-state index is 0.0551. The largest absolute Gasteiger partial charge is 0.391 e. The number of hydrogen-bond acceptors (Lipinski definition) is 5. The number of rotatable bonds is 7. The fourth-order valence-corrected chi connectivity index (χ4v) is 5.17. The molecular formula is C24H24F2N3O3PS. The Morgan fingerprint density at radius 1 is 1.03 bits per heavy atom. The second-order valence-corrected chi connectivity index (χ2v) is 10.6. The molecule has 0 amide bonds. The van der Waals surface area contributed by atoms with Gasteiger partial charge in [0.25, 0.3) is 5.66 Å². The Labute approximate surface area is 199 Å². The van der Waals surface area contributed by atoms with Crippen LogP contribution in [0.5, 0.6) is 0 Å². The Hall–Kier alpha value is -2.74. The number of benzene rings is 2. The molecule has 0 radical (unpaired) electrons. The van der Waals surface area contributed by atoms with E-state index in [9.17, 15) is 17.2 Å². The molecule has 0 bridgehead atoms. The number of halogens is 2. The molecule has 6 nitrogen and oxygen atoms in total. The number of nitrogens with zero attached hydrogens (tertiary/aromatic N) is 3. The summed E-state index contributed by atoms with van der Waals surface area (Å²) in [6.45, 7) is 0.610. The highest BCUT2D eigenvalue weighted by molar-refractivity contribution is 7.89. The summed E-state index contributed by atoms with van der Waals surface area (Å²) in [4.78, 5) is 9.81. The van der Waals surface area contributed by atoms with Crippen LogP contribution in [0.3, 0.4) is 0 Å². The first kappa shape index (κ1) is 24.4. The van der Waals surface area contributed by atoms with E-state index in [1.54, 1.807) is 24.3 Å². The molecule has 1 unspecified atom stereocenters. The molecule has 0 N–H and O–H groups in total. The van der Waals surface area contributed by atoms with Gasteiger partial charge < -0.3 is 4.84 Å². The summed E-state index contributed by atoms with van der Waals surface area (Å²) in [7, 11) is -2.15. The highest BCUT2D eigenvalue weighted by atomic mass is 32.2.